The summed E-state index contributed by atoms with van der Waals surface area (Å²) in [6.45, 7) is -0.0267. The summed E-state index contributed by atoms with van der Waals surface area (Å²) in [5, 5.41) is 0. The minimum absolute atomic E-state index is 0.0544. The summed E-state index contributed by atoms with van der Waals surface area (Å²) in [4.78, 5) is 12.9. The molecule has 3 rings (SSSR count). The molecule has 1 aliphatic rings. The first-order valence-electron chi connectivity index (χ1n) is 8.81. The number of carbonyl (C=O) groups excluding carboxylic acids is 1. The van der Waals surface area contributed by atoms with Crippen molar-refractivity contribution in [3.63, 3.8) is 0 Å². The van der Waals surface area contributed by atoms with E-state index in [2.05, 4.69) is 0 Å². The fourth-order valence-corrected chi connectivity index (χ4v) is 5.38. The van der Waals surface area contributed by atoms with Crippen LogP contribution in [-0.4, -0.2) is 32.3 Å². The van der Waals surface area contributed by atoms with Crippen molar-refractivity contribution in [2.24, 2.45) is 0 Å². The number of halogens is 1. The van der Waals surface area contributed by atoms with Crippen LogP contribution >= 0.6 is 0 Å². The summed E-state index contributed by atoms with van der Waals surface area (Å²) in [7, 11) is -3.85. The maximum absolute atomic E-state index is 13.1. The lowest BCUT2D eigenvalue weighted by Crippen LogP contribution is -2.45. The van der Waals surface area contributed by atoms with E-state index in [9.17, 15) is 17.6 Å². The zero-order chi connectivity index (χ0) is 19.3. The largest absolute Gasteiger partial charge is 0.490 e. The second-order valence-electron chi connectivity index (χ2n) is 6.46. The Kier molecular flexibility index (Phi) is 5.79. The van der Waals surface area contributed by atoms with Crippen molar-refractivity contribution in [3.8, 4) is 5.75 Å². The van der Waals surface area contributed by atoms with Crippen molar-refractivity contribution in [3.05, 3.63) is 60.4 Å². The van der Waals surface area contributed by atoms with Crippen molar-refractivity contribution in [2.45, 2.75) is 35.3 Å². The molecule has 0 aromatic heterocycles. The Morgan fingerprint density at radius 1 is 0.963 bits per heavy atom. The minimum Gasteiger partial charge on any atom is -0.490 e. The van der Waals surface area contributed by atoms with E-state index in [1.807, 2.05) is 0 Å². The molecule has 1 aliphatic carbocycles. The molecule has 1 saturated carbocycles. The quantitative estimate of drug-likeness (QED) is 0.533. The van der Waals surface area contributed by atoms with Gasteiger partial charge >= 0.3 is 5.97 Å². The lowest BCUT2D eigenvalue weighted by molar-refractivity contribution is -0.147. The van der Waals surface area contributed by atoms with Gasteiger partial charge in [0.15, 0.2) is 14.6 Å². The number of ether oxygens (including phenoxy) is 2. The van der Waals surface area contributed by atoms with E-state index in [0.717, 1.165) is 0 Å². The Morgan fingerprint density at radius 3 is 2.22 bits per heavy atom. The van der Waals surface area contributed by atoms with Gasteiger partial charge in [0.1, 0.15) is 24.8 Å². The van der Waals surface area contributed by atoms with E-state index in [4.69, 9.17) is 9.47 Å². The summed E-state index contributed by atoms with van der Waals surface area (Å²) >= 11 is 0. The van der Waals surface area contributed by atoms with E-state index in [1.165, 1.54) is 36.4 Å². The van der Waals surface area contributed by atoms with Crippen LogP contribution in [0.2, 0.25) is 0 Å². The lowest BCUT2D eigenvalue weighted by Gasteiger charge is -2.26. The summed E-state index contributed by atoms with van der Waals surface area (Å²) in [5.41, 5.74) is 0. The topological polar surface area (TPSA) is 69.7 Å². The number of benzene rings is 2. The van der Waals surface area contributed by atoms with E-state index < -0.39 is 20.6 Å². The highest BCUT2D eigenvalue weighted by molar-refractivity contribution is 7.93. The molecule has 0 radical (unpaired) electrons. The maximum atomic E-state index is 13.1. The average molecular weight is 392 g/mol. The van der Waals surface area contributed by atoms with Gasteiger partial charge in [-0.05, 0) is 49.2 Å². The normalized spacial score (nSPS) is 16.0. The molecule has 7 heteroatoms. The lowest BCUT2D eigenvalue weighted by atomic mass is 10.1. The Labute approximate surface area is 158 Å². The highest BCUT2D eigenvalue weighted by Gasteiger charge is 2.54. The monoisotopic (exact) mass is 392 g/mol. The van der Waals surface area contributed by atoms with Gasteiger partial charge in [-0.1, -0.05) is 31.0 Å². The zero-order valence-corrected chi connectivity index (χ0v) is 15.6. The van der Waals surface area contributed by atoms with E-state index in [1.54, 1.807) is 18.2 Å². The van der Waals surface area contributed by atoms with Crippen LogP contribution in [0.5, 0.6) is 5.75 Å². The second kappa shape index (κ2) is 8.08. The number of esters is 1. The standard InChI is InChI=1S/C20H21FO5S/c21-16-8-10-17(11-9-16)25-14-15-26-19(22)20(12-4-5-13-20)27(23,24)18-6-2-1-3-7-18/h1-3,6-11H,4-5,12-15H2. The van der Waals surface area contributed by atoms with Gasteiger partial charge in [0, 0.05) is 0 Å². The van der Waals surface area contributed by atoms with Gasteiger partial charge in [-0.15, -0.1) is 0 Å². The van der Waals surface area contributed by atoms with Crippen molar-refractivity contribution in [2.75, 3.05) is 13.2 Å². The Balaban J connectivity index is 1.66. The second-order valence-corrected chi connectivity index (χ2v) is 8.72. The molecule has 5 nitrogen and oxygen atoms in total. The molecule has 1 fully saturated rings. The van der Waals surface area contributed by atoms with Crippen molar-refractivity contribution in [1.82, 2.24) is 0 Å². The molecule has 27 heavy (non-hydrogen) atoms. The van der Waals surface area contributed by atoms with Crippen LogP contribution in [0, 0.1) is 5.82 Å². The van der Waals surface area contributed by atoms with Gasteiger partial charge < -0.3 is 9.47 Å². The third kappa shape index (κ3) is 3.98. The number of hydrogen-bond acceptors (Lipinski definition) is 5. The van der Waals surface area contributed by atoms with Crippen molar-refractivity contribution in [1.29, 1.82) is 0 Å². The van der Waals surface area contributed by atoms with Crippen LogP contribution in [-0.2, 0) is 19.4 Å². The van der Waals surface area contributed by atoms with Crippen LogP contribution < -0.4 is 4.74 Å². The fraction of sp³-hybridized carbons (Fsp3) is 0.350. The molecule has 0 amide bonds. The third-order valence-corrected chi connectivity index (χ3v) is 7.25. The smallest absolute Gasteiger partial charge is 0.327 e. The average Bonchev–Trinajstić information content (AvgIpc) is 3.19. The van der Waals surface area contributed by atoms with E-state index in [-0.39, 0.29) is 36.8 Å². The first kappa shape index (κ1) is 19.4. The van der Waals surface area contributed by atoms with Crippen LogP contribution in [0.25, 0.3) is 0 Å². The summed E-state index contributed by atoms with van der Waals surface area (Å²) < 4.78 is 48.2. The van der Waals surface area contributed by atoms with Gasteiger partial charge in [-0.3, -0.25) is 4.79 Å². The molecular weight excluding hydrogens is 371 g/mol. The number of sulfone groups is 1. The molecule has 0 atom stereocenters. The van der Waals surface area contributed by atoms with Gasteiger partial charge in [-0.2, -0.15) is 0 Å². The van der Waals surface area contributed by atoms with Crippen LogP contribution in [0.1, 0.15) is 25.7 Å². The molecular formula is C20H21FO5S. The molecule has 0 heterocycles. The van der Waals surface area contributed by atoms with Crippen LogP contribution in [0.15, 0.2) is 59.5 Å². The minimum atomic E-state index is -3.85. The first-order chi connectivity index (χ1) is 13.0. The van der Waals surface area contributed by atoms with E-state index >= 15 is 0 Å². The van der Waals surface area contributed by atoms with E-state index in [0.29, 0.717) is 18.6 Å². The highest BCUT2D eigenvalue weighted by Crippen LogP contribution is 2.41. The predicted octanol–water partition coefficient (Wildman–Crippen LogP) is 3.53. The van der Waals surface area contributed by atoms with Crippen molar-refractivity contribution >= 4 is 15.8 Å². The number of rotatable bonds is 7. The van der Waals surface area contributed by atoms with Crippen LogP contribution in [0.3, 0.4) is 0 Å². The van der Waals surface area contributed by atoms with Gasteiger partial charge in [-0.25, -0.2) is 12.8 Å². The third-order valence-electron chi connectivity index (χ3n) is 4.75. The summed E-state index contributed by atoms with van der Waals surface area (Å²) in [6.07, 6.45) is 1.82. The first-order valence-corrected chi connectivity index (χ1v) is 10.3. The Hall–Kier alpha value is -2.41. The molecule has 2 aromatic carbocycles. The molecule has 0 bridgehead atoms. The molecule has 144 valence electrons. The summed E-state index contributed by atoms with van der Waals surface area (Å²) in [6, 6.07) is 13.5. The van der Waals surface area contributed by atoms with Gasteiger partial charge in [0.2, 0.25) is 0 Å². The SMILES string of the molecule is O=C(OCCOc1ccc(F)cc1)C1(S(=O)(=O)c2ccccc2)CCCC1. The number of carbonyl (C=O) groups is 1. The maximum Gasteiger partial charge on any atom is 0.327 e. The molecule has 0 N–H and O–H groups in total. The molecule has 0 unspecified atom stereocenters. The molecule has 0 saturated heterocycles. The molecule has 0 spiro atoms. The molecule has 0 aliphatic heterocycles. The highest BCUT2D eigenvalue weighted by atomic mass is 32.2. The fourth-order valence-electron chi connectivity index (χ4n) is 3.31. The van der Waals surface area contributed by atoms with Crippen molar-refractivity contribution < 1.29 is 27.1 Å². The summed E-state index contributed by atoms with van der Waals surface area (Å²) in [5.74, 6) is -0.658. The Bertz CT molecular complexity index is 872. The van der Waals surface area contributed by atoms with Gasteiger partial charge in [0.05, 0.1) is 4.90 Å². The predicted molar refractivity (Wildman–Crippen MR) is 97.7 cm³/mol. The number of hydrogen-bond donors (Lipinski definition) is 0. The van der Waals surface area contributed by atoms with Crippen LogP contribution in [0.4, 0.5) is 4.39 Å². The Morgan fingerprint density at radius 2 is 1.59 bits per heavy atom. The molecule has 2 aromatic rings. The zero-order valence-electron chi connectivity index (χ0n) is 14.8. The van der Waals surface area contributed by atoms with Gasteiger partial charge in [0.25, 0.3) is 0 Å².